The van der Waals surface area contributed by atoms with Crippen LogP contribution in [0.4, 0.5) is 19.0 Å². The van der Waals surface area contributed by atoms with Gasteiger partial charge in [-0.25, -0.2) is 9.71 Å². The molecule has 176 valence electrons. The number of nitrogens with zero attached hydrogens (tertiary/aromatic N) is 2. The number of allylic oxidation sites excluding steroid dienone is 2. The summed E-state index contributed by atoms with van der Waals surface area (Å²) in [6, 6.07) is 13.9. The number of pyridine rings is 1. The Hall–Kier alpha value is -2.45. The van der Waals surface area contributed by atoms with E-state index in [1.54, 1.807) is 12.1 Å². The van der Waals surface area contributed by atoms with Crippen molar-refractivity contribution in [2.45, 2.75) is 69.5 Å². The highest BCUT2D eigenvalue weighted by atomic mass is 32.2. The average Bonchev–Trinajstić information content (AvgIpc) is 3.18. The van der Waals surface area contributed by atoms with Crippen molar-refractivity contribution in [2.75, 3.05) is 4.90 Å². The maximum absolute atomic E-state index is 13.7. The second-order valence-electron chi connectivity index (χ2n) is 8.53. The van der Waals surface area contributed by atoms with E-state index in [0.29, 0.717) is 17.6 Å². The number of hydrogen-bond acceptors (Lipinski definition) is 5. The predicted octanol–water partition coefficient (Wildman–Crippen LogP) is 6.21. The van der Waals surface area contributed by atoms with Crippen molar-refractivity contribution in [3.63, 3.8) is 0 Å². The zero-order valence-corrected chi connectivity index (χ0v) is 19.8. The fraction of sp³-hybridized carbons (Fsp3) is 0.400. The second kappa shape index (κ2) is 9.81. The number of alkyl halides is 3. The summed E-state index contributed by atoms with van der Waals surface area (Å²) in [7, 11) is 0. The van der Waals surface area contributed by atoms with E-state index >= 15 is 0 Å². The van der Waals surface area contributed by atoms with E-state index < -0.39 is 17.9 Å². The molecule has 3 unspecified atom stereocenters. The molecule has 1 saturated heterocycles. The summed E-state index contributed by atoms with van der Waals surface area (Å²) in [6.45, 7) is 6.24. The Morgan fingerprint density at radius 2 is 1.94 bits per heavy atom. The Morgan fingerprint density at radius 3 is 2.67 bits per heavy atom. The van der Waals surface area contributed by atoms with Crippen LogP contribution in [0.25, 0.3) is 5.70 Å². The summed E-state index contributed by atoms with van der Waals surface area (Å²) >= 11 is 1.31. The van der Waals surface area contributed by atoms with Gasteiger partial charge < -0.3 is 10.2 Å². The topological polar surface area (TPSA) is 40.2 Å². The van der Waals surface area contributed by atoms with Crippen LogP contribution in [0.5, 0.6) is 0 Å². The predicted molar refractivity (Wildman–Crippen MR) is 129 cm³/mol. The molecule has 1 aromatic heterocycles. The number of rotatable bonds is 6. The maximum atomic E-state index is 13.7. The molecule has 1 aromatic carbocycles. The molecule has 3 atom stereocenters. The number of halogens is 3. The van der Waals surface area contributed by atoms with Gasteiger partial charge in [0.1, 0.15) is 17.0 Å². The van der Waals surface area contributed by atoms with Crippen molar-refractivity contribution in [1.82, 2.24) is 15.0 Å². The third-order valence-electron chi connectivity index (χ3n) is 6.27. The minimum absolute atomic E-state index is 0.0830. The number of benzene rings is 1. The molecular weight excluding hydrogens is 445 g/mol. The second-order valence-corrected chi connectivity index (χ2v) is 9.39. The largest absolute Gasteiger partial charge is 0.418 e. The lowest BCUT2D eigenvalue weighted by atomic mass is 9.98. The molecule has 1 fully saturated rings. The van der Waals surface area contributed by atoms with Crippen LogP contribution in [-0.4, -0.2) is 29.4 Å². The number of dihydropyridines is 1. The molecule has 2 N–H and O–H groups in total. The number of nitrogens with one attached hydrogen (secondary N) is 2. The molecule has 2 aliphatic heterocycles. The summed E-state index contributed by atoms with van der Waals surface area (Å²) < 4.78 is 44.3. The number of anilines is 1. The average molecular weight is 475 g/mol. The van der Waals surface area contributed by atoms with Crippen LogP contribution in [-0.2, 0) is 0 Å². The minimum Gasteiger partial charge on any atom is -0.365 e. The molecule has 33 heavy (non-hydrogen) atoms. The van der Waals surface area contributed by atoms with Crippen LogP contribution in [0.15, 0.2) is 65.2 Å². The van der Waals surface area contributed by atoms with Gasteiger partial charge in [-0.1, -0.05) is 37.3 Å². The molecule has 4 nitrogen and oxygen atoms in total. The van der Waals surface area contributed by atoms with Crippen LogP contribution in [0.1, 0.15) is 44.2 Å². The lowest BCUT2D eigenvalue weighted by Gasteiger charge is -2.29. The molecule has 4 rings (SSSR count). The summed E-state index contributed by atoms with van der Waals surface area (Å²) in [5.74, 6) is 0.950. The normalized spacial score (nSPS) is 23.2. The summed E-state index contributed by atoms with van der Waals surface area (Å²) in [5.41, 5.74) is 0.732. The molecule has 0 bridgehead atoms. The van der Waals surface area contributed by atoms with E-state index in [1.807, 2.05) is 37.3 Å². The van der Waals surface area contributed by atoms with E-state index in [9.17, 15) is 13.2 Å². The molecule has 8 heteroatoms. The van der Waals surface area contributed by atoms with Gasteiger partial charge in [-0.15, -0.1) is 0 Å². The number of hydrogen-bond donors (Lipinski definition) is 2. The monoisotopic (exact) mass is 474 g/mol. The van der Waals surface area contributed by atoms with E-state index in [0.717, 1.165) is 35.3 Å². The number of aryl methyl sites for hydroxylation is 1. The summed E-state index contributed by atoms with van der Waals surface area (Å²) in [5, 5.41) is 3.81. The van der Waals surface area contributed by atoms with Gasteiger partial charge in [-0.05, 0) is 74.9 Å². The van der Waals surface area contributed by atoms with E-state index in [2.05, 4.69) is 28.8 Å². The van der Waals surface area contributed by atoms with Crippen molar-refractivity contribution >= 4 is 23.5 Å². The van der Waals surface area contributed by atoms with Crippen LogP contribution < -0.4 is 14.9 Å². The fourth-order valence-corrected chi connectivity index (χ4v) is 5.22. The fourth-order valence-electron chi connectivity index (χ4n) is 4.55. The Morgan fingerprint density at radius 1 is 1.15 bits per heavy atom. The van der Waals surface area contributed by atoms with Crippen LogP contribution in [0, 0.1) is 6.92 Å². The molecule has 3 heterocycles. The van der Waals surface area contributed by atoms with Gasteiger partial charge in [0, 0.05) is 17.6 Å². The highest BCUT2D eigenvalue weighted by Crippen LogP contribution is 2.36. The lowest BCUT2D eigenvalue weighted by molar-refractivity contribution is -0.0880. The molecule has 2 aromatic rings. The summed E-state index contributed by atoms with van der Waals surface area (Å²) in [6.07, 6.45) is 1.12. The molecule has 0 radical (unpaired) electrons. The van der Waals surface area contributed by atoms with Gasteiger partial charge >= 0.3 is 6.18 Å². The lowest BCUT2D eigenvalue weighted by Crippen LogP contribution is -2.40. The molecule has 0 amide bonds. The van der Waals surface area contributed by atoms with E-state index in [-0.39, 0.29) is 5.70 Å². The first-order valence-electron chi connectivity index (χ1n) is 11.3. The Labute approximate surface area is 197 Å². The highest BCUT2D eigenvalue weighted by Gasteiger charge is 2.37. The zero-order valence-electron chi connectivity index (χ0n) is 19.0. The highest BCUT2D eigenvalue weighted by molar-refractivity contribution is 7.97. The molecule has 0 spiro atoms. The van der Waals surface area contributed by atoms with Gasteiger partial charge in [0.2, 0.25) is 0 Å². The van der Waals surface area contributed by atoms with Gasteiger partial charge in [0.05, 0.1) is 11.3 Å². The molecular formula is C25H29F3N4S. The number of aromatic nitrogens is 1. The van der Waals surface area contributed by atoms with Crippen molar-refractivity contribution in [3.8, 4) is 0 Å². The quantitative estimate of drug-likeness (QED) is 0.487. The van der Waals surface area contributed by atoms with Crippen molar-refractivity contribution in [2.24, 2.45) is 0 Å². The summed E-state index contributed by atoms with van der Waals surface area (Å²) in [4.78, 5) is 7.20. The first-order chi connectivity index (χ1) is 15.8. The third-order valence-corrected chi connectivity index (χ3v) is 7.07. The molecule has 2 aliphatic rings. The van der Waals surface area contributed by atoms with Gasteiger partial charge in [0.15, 0.2) is 0 Å². The zero-order chi connectivity index (χ0) is 23.6. The smallest absolute Gasteiger partial charge is 0.365 e. The Bertz CT molecular complexity index is 1050. The van der Waals surface area contributed by atoms with Crippen molar-refractivity contribution in [1.29, 1.82) is 0 Å². The molecule has 0 saturated carbocycles. The standard InChI is InChI=1S/C25H29F3N4S/c1-4-18-13-12-17(3)32(18)22-10-7-11-23(30-22)33-31-21-15-14-20(25(26,27)28)24(29-21)19-9-6-5-8-16(19)2/h5-11,14-15,17-18,21,29,31H,4,12-13H2,1-3H3. The van der Waals surface area contributed by atoms with Crippen LogP contribution in [0.2, 0.25) is 0 Å². The molecule has 0 aliphatic carbocycles. The van der Waals surface area contributed by atoms with E-state index in [4.69, 9.17) is 4.98 Å². The van der Waals surface area contributed by atoms with Crippen LogP contribution in [0.3, 0.4) is 0 Å². The van der Waals surface area contributed by atoms with Crippen molar-refractivity contribution in [3.05, 3.63) is 71.3 Å². The maximum Gasteiger partial charge on any atom is 0.418 e. The van der Waals surface area contributed by atoms with Crippen molar-refractivity contribution < 1.29 is 13.2 Å². The first-order valence-corrected chi connectivity index (χ1v) is 12.1. The van der Waals surface area contributed by atoms with Gasteiger partial charge in [0.25, 0.3) is 0 Å². The Kier molecular flexibility index (Phi) is 7.05. The Balaban J connectivity index is 1.50. The van der Waals surface area contributed by atoms with Crippen LogP contribution >= 0.6 is 11.9 Å². The minimum atomic E-state index is -4.45. The first kappa shape index (κ1) is 23.7. The third kappa shape index (κ3) is 5.22. The van der Waals surface area contributed by atoms with Gasteiger partial charge in [-0.3, -0.25) is 0 Å². The van der Waals surface area contributed by atoms with E-state index in [1.165, 1.54) is 24.4 Å². The SMILES string of the molecule is CCC1CCC(C)N1c1cccc(SNC2C=CC(C(F)(F)F)=C(c3ccccc3C)N2)n1. The van der Waals surface area contributed by atoms with Gasteiger partial charge in [-0.2, -0.15) is 13.2 Å².